The van der Waals surface area contributed by atoms with Gasteiger partial charge in [0.15, 0.2) is 0 Å². The average Bonchev–Trinajstić information content (AvgIpc) is 3.13. The van der Waals surface area contributed by atoms with Crippen LogP contribution >= 0.6 is 0 Å². The van der Waals surface area contributed by atoms with Gasteiger partial charge in [0.2, 0.25) is 5.91 Å². The Balaban J connectivity index is 1.60. The maximum absolute atomic E-state index is 12.4. The summed E-state index contributed by atoms with van der Waals surface area (Å²) in [6.45, 7) is 8.23. The minimum absolute atomic E-state index is 0.0123. The van der Waals surface area contributed by atoms with Crippen molar-refractivity contribution >= 4 is 11.7 Å². The number of hydrogen-bond acceptors (Lipinski definition) is 4. The highest BCUT2D eigenvalue weighted by Crippen LogP contribution is 2.19. The fourth-order valence-electron chi connectivity index (χ4n) is 3.46. The van der Waals surface area contributed by atoms with Gasteiger partial charge in [0.1, 0.15) is 5.82 Å². The van der Waals surface area contributed by atoms with Crippen LogP contribution in [0.4, 0.5) is 5.82 Å². The zero-order valence-corrected chi connectivity index (χ0v) is 14.9. The van der Waals surface area contributed by atoms with Crippen molar-refractivity contribution in [2.45, 2.75) is 46.2 Å². The maximum Gasteiger partial charge on any atom is 0.239 e. The van der Waals surface area contributed by atoms with Gasteiger partial charge in [-0.1, -0.05) is 0 Å². The molecule has 0 aromatic carbocycles. The SMILES string of the molecule is Cc1cc(NC(=O)CN2CCC[C@@H]2Cn2nc(C)cc2C)n(C)n1. The summed E-state index contributed by atoms with van der Waals surface area (Å²) in [5.41, 5.74) is 3.12. The molecule has 0 spiro atoms. The van der Waals surface area contributed by atoms with Gasteiger partial charge in [-0.3, -0.25) is 19.1 Å². The normalized spacial score (nSPS) is 18.2. The first-order valence-electron chi connectivity index (χ1n) is 8.48. The Bertz CT molecular complexity index is 732. The molecule has 24 heavy (non-hydrogen) atoms. The number of carbonyl (C=O) groups excluding carboxylic acids is 1. The molecule has 1 aliphatic heterocycles. The van der Waals surface area contributed by atoms with Crippen molar-refractivity contribution in [1.82, 2.24) is 24.5 Å². The molecule has 3 heterocycles. The van der Waals surface area contributed by atoms with Gasteiger partial charge in [-0.05, 0) is 46.2 Å². The van der Waals surface area contributed by atoms with Gasteiger partial charge in [-0.15, -0.1) is 0 Å². The molecule has 0 radical (unpaired) electrons. The number of anilines is 1. The van der Waals surface area contributed by atoms with E-state index < -0.39 is 0 Å². The van der Waals surface area contributed by atoms with Crippen molar-refractivity contribution in [1.29, 1.82) is 0 Å². The zero-order valence-electron chi connectivity index (χ0n) is 14.9. The first kappa shape index (κ1) is 16.7. The van der Waals surface area contributed by atoms with Crippen molar-refractivity contribution in [3.05, 3.63) is 29.2 Å². The van der Waals surface area contributed by atoms with Crippen molar-refractivity contribution in [2.24, 2.45) is 7.05 Å². The van der Waals surface area contributed by atoms with E-state index in [0.29, 0.717) is 12.6 Å². The lowest BCUT2D eigenvalue weighted by Crippen LogP contribution is -2.39. The molecule has 0 saturated carbocycles. The minimum Gasteiger partial charge on any atom is -0.310 e. The van der Waals surface area contributed by atoms with Crippen LogP contribution in [0.1, 0.15) is 29.9 Å². The summed E-state index contributed by atoms with van der Waals surface area (Å²) in [4.78, 5) is 14.6. The highest BCUT2D eigenvalue weighted by atomic mass is 16.2. The van der Waals surface area contributed by atoms with Crippen LogP contribution in [0, 0.1) is 20.8 Å². The van der Waals surface area contributed by atoms with Crippen molar-refractivity contribution < 1.29 is 4.79 Å². The summed E-state index contributed by atoms with van der Waals surface area (Å²) in [5.74, 6) is 0.755. The van der Waals surface area contributed by atoms with Gasteiger partial charge in [-0.25, -0.2) is 0 Å². The van der Waals surface area contributed by atoms with E-state index in [0.717, 1.165) is 43.1 Å². The van der Waals surface area contributed by atoms with E-state index in [1.54, 1.807) is 4.68 Å². The van der Waals surface area contributed by atoms with Gasteiger partial charge in [-0.2, -0.15) is 10.2 Å². The van der Waals surface area contributed by atoms with Crippen LogP contribution in [0.3, 0.4) is 0 Å². The molecular weight excluding hydrogens is 304 g/mol. The molecule has 2 aromatic heterocycles. The van der Waals surface area contributed by atoms with Gasteiger partial charge in [0, 0.05) is 24.8 Å². The second-order valence-corrected chi connectivity index (χ2v) is 6.72. The van der Waals surface area contributed by atoms with E-state index in [4.69, 9.17) is 0 Å². The topological polar surface area (TPSA) is 68.0 Å². The smallest absolute Gasteiger partial charge is 0.239 e. The first-order valence-corrected chi connectivity index (χ1v) is 8.48. The molecular formula is C17H26N6O. The van der Waals surface area contributed by atoms with Gasteiger partial charge in [0.25, 0.3) is 0 Å². The number of aryl methyl sites for hydroxylation is 4. The molecule has 3 rings (SSSR count). The molecule has 0 aliphatic carbocycles. The maximum atomic E-state index is 12.4. The van der Waals surface area contributed by atoms with Crippen LogP contribution in [-0.4, -0.2) is 49.5 Å². The Morgan fingerprint density at radius 2 is 2.00 bits per heavy atom. The first-order chi connectivity index (χ1) is 11.4. The quantitative estimate of drug-likeness (QED) is 0.905. The third kappa shape index (κ3) is 3.67. The predicted molar refractivity (Wildman–Crippen MR) is 92.9 cm³/mol. The fourth-order valence-corrected chi connectivity index (χ4v) is 3.46. The van der Waals surface area contributed by atoms with Gasteiger partial charge < -0.3 is 5.32 Å². The molecule has 2 aromatic rings. The second-order valence-electron chi connectivity index (χ2n) is 6.72. The van der Waals surface area contributed by atoms with Crippen molar-refractivity contribution in [3.8, 4) is 0 Å². The Morgan fingerprint density at radius 3 is 2.62 bits per heavy atom. The summed E-state index contributed by atoms with van der Waals surface area (Å²) in [6, 6.07) is 4.34. The lowest BCUT2D eigenvalue weighted by Gasteiger charge is -2.24. The third-order valence-electron chi connectivity index (χ3n) is 4.60. The van der Waals surface area contributed by atoms with Crippen LogP contribution in [-0.2, 0) is 18.4 Å². The lowest BCUT2D eigenvalue weighted by molar-refractivity contribution is -0.117. The van der Waals surface area contributed by atoms with Gasteiger partial charge in [0.05, 0.1) is 24.5 Å². The van der Waals surface area contributed by atoms with Crippen molar-refractivity contribution in [2.75, 3.05) is 18.4 Å². The molecule has 1 fully saturated rings. The molecule has 130 valence electrons. The molecule has 1 saturated heterocycles. The Kier molecular flexibility index (Phi) is 4.71. The fraction of sp³-hybridized carbons (Fsp3) is 0.588. The summed E-state index contributed by atoms with van der Waals surface area (Å²) >= 11 is 0. The molecule has 1 amide bonds. The van der Waals surface area contributed by atoms with E-state index >= 15 is 0 Å². The molecule has 1 N–H and O–H groups in total. The average molecular weight is 330 g/mol. The summed E-state index contributed by atoms with van der Waals surface area (Å²) < 4.78 is 3.76. The number of nitrogens with one attached hydrogen (secondary N) is 1. The Morgan fingerprint density at radius 1 is 1.25 bits per heavy atom. The zero-order chi connectivity index (χ0) is 17.3. The number of nitrogens with zero attached hydrogens (tertiary/aromatic N) is 5. The number of aromatic nitrogens is 4. The summed E-state index contributed by atoms with van der Waals surface area (Å²) in [7, 11) is 1.84. The molecule has 1 aliphatic rings. The van der Waals surface area contributed by atoms with Crippen LogP contribution in [0.15, 0.2) is 12.1 Å². The molecule has 0 bridgehead atoms. The van der Waals surface area contributed by atoms with Crippen LogP contribution in [0.25, 0.3) is 0 Å². The highest BCUT2D eigenvalue weighted by Gasteiger charge is 2.27. The molecule has 0 unspecified atom stereocenters. The molecule has 7 heteroatoms. The van der Waals surface area contributed by atoms with E-state index in [1.807, 2.05) is 27.0 Å². The number of carbonyl (C=O) groups is 1. The van der Waals surface area contributed by atoms with E-state index in [-0.39, 0.29) is 5.91 Å². The molecule has 7 nitrogen and oxygen atoms in total. The van der Waals surface area contributed by atoms with Gasteiger partial charge >= 0.3 is 0 Å². The largest absolute Gasteiger partial charge is 0.310 e. The number of likely N-dealkylation sites (tertiary alicyclic amines) is 1. The number of rotatable bonds is 5. The Labute approximate surface area is 142 Å². The predicted octanol–water partition coefficient (Wildman–Crippen LogP) is 1.64. The third-order valence-corrected chi connectivity index (χ3v) is 4.60. The number of hydrogen-bond donors (Lipinski definition) is 1. The van der Waals surface area contributed by atoms with E-state index in [1.165, 1.54) is 5.69 Å². The van der Waals surface area contributed by atoms with Crippen LogP contribution in [0.5, 0.6) is 0 Å². The second kappa shape index (κ2) is 6.76. The van der Waals surface area contributed by atoms with E-state index in [9.17, 15) is 4.79 Å². The summed E-state index contributed by atoms with van der Waals surface area (Å²) in [6.07, 6.45) is 2.23. The van der Waals surface area contributed by atoms with Crippen molar-refractivity contribution in [3.63, 3.8) is 0 Å². The Hall–Kier alpha value is -2.15. The lowest BCUT2D eigenvalue weighted by atomic mass is 10.2. The van der Waals surface area contributed by atoms with E-state index in [2.05, 4.69) is 38.1 Å². The summed E-state index contributed by atoms with van der Waals surface area (Å²) in [5, 5.41) is 11.8. The monoisotopic (exact) mass is 330 g/mol. The standard InChI is InChI=1S/C17H26N6O/c1-12-8-14(3)23(20-12)10-15-6-5-7-22(15)11-17(24)18-16-9-13(2)19-21(16)4/h8-9,15H,5-7,10-11H2,1-4H3,(H,18,24)/t15-/m1/s1. The molecule has 1 atom stereocenters. The van der Waals surface area contributed by atoms with Crippen LogP contribution < -0.4 is 5.32 Å². The minimum atomic E-state index is 0.0123. The number of amides is 1. The highest BCUT2D eigenvalue weighted by molar-refractivity contribution is 5.91. The van der Waals surface area contributed by atoms with Crippen LogP contribution in [0.2, 0.25) is 0 Å².